The monoisotopic (exact) mass is 317 g/mol. The van der Waals surface area contributed by atoms with Crippen LogP contribution >= 0.6 is 11.3 Å². The summed E-state index contributed by atoms with van der Waals surface area (Å²) < 4.78 is 5.15. The lowest BCUT2D eigenvalue weighted by Gasteiger charge is -2.23. The molecule has 0 saturated carbocycles. The molecule has 4 nitrogen and oxygen atoms in total. The molecule has 0 radical (unpaired) electrons. The molecule has 22 heavy (non-hydrogen) atoms. The van der Waals surface area contributed by atoms with Gasteiger partial charge in [0.1, 0.15) is 5.01 Å². The molecule has 2 aromatic rings. The zero-order valence-electron chi connectivity index (χ0n) is 13.1. The highest BCUT2D eigenvalue weighted by molar-refractivity contribution is 7.09. The first-order chi connectivity index (χ1) is 10.8. The van der Waals surface area contributed by atoms with Crippen molar-refractivity contribution in [1.29, 1.82) is 0 Å². The van der Waals surface area contributed by atoms with Crippen molar-refractivity contribution < 1.29 is 4.74 Å². The summed E-state index contributed by atoms with van der Waals surface area (Å²) in [5, 5.41) is 3.24. The fraction of sp³-hybridized carbons (Fsp3) is 0.529. The molecular formula is C17H23N3OS. The first kappa shape index (κ1) is 15.6. The summed E-state index contributed by atoms with van der Waals surface area (Å²) in [6, 6.07) is 6.83. The maximum absolute atomic E-state index is 5.15. The molecule has 118 valence electrons. The zero-order valence-corrected chi connectivity index (χ0v) is 13.9. The van der Waals surface area contributed by atoms with Crippen molar-refractivity contribution in [3.63, 3.8) is 0 Å². The smallest absolute Gasteiger partial charge is 0.119 e. The van der Waals surface area contributed by atoms with Crippen molar-refractivity contribution in [2.24, 2.45) is 0 Å². The molecule has 0 aromatic carbocycles. The number of aryl methyl sites for hydroxylation is 1. The molecule has 1 aliphatic rings. The van der Waals surface area contributed by atoms with Gasteiger partial charge >= 0.3 is 0 Å². The minimum Gasteiger partial charge on any atom is -0.378 e. The second-order valence-electron chi connectivity index (χ2n) is 5.79. The van der Waals surface area contributed by atoms with Gasteiger partial charge in [0, 0.05) is 37.0 Å². The van der Waals surface area contributed by atoms with Crippen LogP contribution in [0.5, 0.6) is 0 Å². The van der Waals surface area contributed by atoms with E-state index in [1.54, 1.807) is 18.4 Å². The van der Waals surface area contributed by atoms with Crippen LogP contribution in [0, 0.1) is 0 Å². The number of hydrogen-bond donors (Lipinski definition) is 0. The number of rotatable bonds is 7. The first-order valence-electron chi connectivity index (χ1n) is 7.91. The highest BCUT2D eigenvalue weighted by Crippen LogP contribution is 2.24. The molecule has 1 aliphatic heterocycles. The van der Waals surface area contributed by atoms with Crippen LogP contribution in [-0.2, 0) is 24.3 Å². The molecule has 1 fully saturated rings. The average Bonchev–Trinajstić information content (AvgIpc) is 3.17. The number of nitrogens with zero attached hydrogens (tertiary/aromatic N) is 3. The van der Waals surface area contributed by atoms with Crippen molar-refractivity contribution in [2.75, 3.05) is 13.7 Å². The van der Waals surface area contributed by atoms with Gasteiger partial charge in [-0.1, -0.05) is 6.07 Å². The van der Waals surface area contributed by atoms with Crippen molar-refractivity contribution in [3.8, 4) is 0 Å². The fourth-order valence-corrected chi connectivity index (χ4v) is 3.87. The van der Waals surface area contributed by atoms with E-state index >= 15 is 0 Å². The number of likely N-dealkylation sites (tertiary alicyclic amines) is 1. The van der Waals surface area contributed by atoms with Gasteiger partial charge in [-0.15, -0.1) is 11.3 Å². The molecule has 1 atom stereocenters. The van der Waals surface area contributed by atoms with E-state index in [-0.39, 0.29) is 0 Å². The second kappa shape index (κ2) is 7.81. The average molecular weight is 317 g/mol. The number of thiazole rings is 1. The van der Waals surface area contributed by atoms with Crippen LogP contribution in [-0.4, -0.2) is 34.6 Å². The second-order valence-corrected chi connectivity index (χ2v) is 6.73. The summed E-state index contributed by atoms with van der Waals surface area (Å²) in [6.45, 7) is 2.77. The van der Waals surface area contributed by atoms with Gasteiger partial charge in [0.25, 0.3) is 0 Å². The molecule has 0 amide bonds. The van der Waals surface area contributed by atoms with Crippen LogP contribution in [0.3, 0.4) is 0 Å². The van der Waals surface area contributed by atoms with Crippen LogP contribution in [0.2, 0.25) is 0 Å². The van der Waals surface area contributed by atoms with E-state index in [9.17, 15) is 0 Å². The quantitative estimate of drug-likeness (QED) is 0.785. The van der Waals surface area contributed by atoms with Crippen LogP contribution < -0.4 is 0 Å². The summed E-state index contributed by atoms with van der Waals surface area (Å²) in [4.78, 5) is 11.7. The highest BCUT2D eigenvalue weighted by Gasteiger charge is 2.24. The molecule has 3 heterocycles. The van der Waals surface area contributed by atoms with Crippen LogP contribution in [0.25, 0.3) is 0 Å². The normalized spacial score (nSPS) is 18.9. The Morgan fingerprint density at radius 1 is 1.36 bits per heavy atom. The van der Waals surface area contributed by atoms with Gasteiger partial charge in [0.15, 0.2) is 0 Å². The number of aromatic nitrogens is 2. The van der Waals surface area contributed by atoms with Crippen LogP contribution in [0.4, 0.5) is 0 Å². The third kappa shape index (κ3) is 4.12. The molecular weight excluding hydrogens is 294 g/mol. The van der Waals surface area contributed by atoms with Crippen LogP contribution in [0.15, 0.2) is 29.8 Å². The number of pyridine rings is 1. The minimum absolute atomic E-state index is 0.619. The first-order valence-corrected chi connectivity index (χ1v) is 8.79. The van der Waals surface area contributed by atoms with Gasteiger partial charge in [0.05, 0.1) is 12.3 Å². The predicted molar refractivity (Wildman–Crippen MR) is 88.8 cm³/mol. The van der Waals surface area contributed by atoms with Gasteiger partial charge < -0.3 is 4.74 Å². The lowest BCUT2D eigenvalue weighted by atomic mass is 10.1. The molecule has 0 spiro atoms. The van der Waals surface area contributed by atoms with Crippen molar-refractivity contribution in [1.82, 2.24) is 14.9 Å². The molecule has 3 rings (SSSR count). The number of ether oxygens (including phenoxy) is 1. The number of hydrogen-bond acceptors (Lipinski definition) is 5. The predicted octanol–water partition coefficient (Wildman–Crippen LogP) is 3.28. The maximum Gasteiger partial charge on any atom is 0.119 e. The van der Waals surface area contributed by atoms with E-state index in [4.69, 9.17) is 4.74 Å². The summed E-state index contributed by atoms with van der Waals surface area (Å²) in [5.41, 5.74) is 2.38. The fourth-order valence-electron chi connectivity index (χ4n) is 3.11. The van der Waals surface area contributed by atoms with Crippen molar-refractivity contribution >= 4 is 11.3 Å². The summed E-state index contributed by atoms with van der Waals surface area (Å²) in [5.74, 6) is 0. The highest BCUT2D eigenvalue weighted by atomic mass is 32.1. The topological polar surface area (TPSA) is 38.2 Å². The summed E-state index contributed by atoms with van der Waals surface area (Å²) in [7, 11) is 1.72. The minimum atomic E-state index is 0.619. The zero-order chi connectivity index (χ0) is 15.2. The van der Waals surface area contributed by atoms with Crippen LogP contribution in [0.1, 0.15) is 35.7 Å². The molecule has 1 saturated heterocycles. The Morgan fingerprint density at radius 3 is 3.14 bits per heavy atom. The van der Waals surface area contributed by atoms with Crippen molar-refractivity contribution in [3.05, 3.63) is 46.2 Å². The van der Waals surface area contributed by atoms with E-state index in [1.807, 2.05) is 12.3 Å². The van der Waals surface area contributed by atoms with E-state index in [2.05, 4.69) is 32.4 Å². The largest absolute Gasteiger partial charge is 0.378 e. The van der Waals surface area contributed by atoms with Gasteiger partial charge in [-0.05, 0) is 44.4 Å². The van der Waals surface area contributed by atoms with Gasteiger partial charge in [0.2, 0.25) is 0 Å². The molecule has 0 aliphatic carbocycles. The molecule has 0 N–H and O–H groups in total. The Balaban J connectivity index is 1.53. The van der Waals surface area contributed by atoms with Gasteiger partial charge in [-0.3, -0.25) is 9.88 Å². The Hall–Kier alpha value is -1.30. The van der Waals surface area contributed by atoms with E-state index in [0.29, 0.717) is 12.6 Å². The Bertz CT molecular complexity index is 572. The van der Waals surface area contributed by atoms with E-state index < -0.39 is 0 Å². The Labute approximate surface area is 136 Å². The summed E-state index contributed by atoms with van der Waals surface area (Å²) >= 11 is 1.70. The molecule has 5 heteroatoms. The third-order valence-corrected chi connectivity index (χ3v) is 5.06. The van der Waals surface area contributed by atoms with E-state index in [0.717, 1.165) is 18.0 Å². The molecule has 2 aromatic heterocycles. The molecule has 0 bridgehead atoms. The lowest BCUT2D eigenvalue weighted by Crippen LogP contribution is -2.29. The van der Waals surface area contributed by atoms with Gasteiger partial charge in [-0.25, -0.2) is 4.98 Å². The SMILES string of the molecule is COCc1nc(CN2CCC[C@@H]2CCc2ccccn2)cs1. The summed E-state index contributed by atoms with van der Waals surface area (Å²) in [6.07, 6.45) is 6.72. The Kier molecular flexibility index (Phi) is 5.53. The maximum atomic E-state index is 5.15. The third-order valence-electron chi connectivity index (χ3n) is 4.19. The lowest BCUT2D eigenvalue weighted by molar-refractivity contribution is 0.184. The molecule has 0 unspecified atom stereocenters. The van der Waals surface area contributed by atoms with E-state index in [1.165, 1.54) is 37.2 Å². The number of methoxy groups -OCH3 is 1. The van der Waals surface area contributed by atoms with Gasteiger partial charge in [-0.2, -0.15) is 0 Å². The Morgan fingerprint density at radius 2 is 2.32 bits per heavy atom. The van der Waals surface area contributed by atoms with Crippen molar-refractivity contribution in [2.45, 2.75) is 44.9 Å². The standard InChI is InChI=1S/C17H23N3OS/c1-21-12-17-19-15(13-22-17)11-20-10-4-6-16(20)8-7-14-5-2-3-9-18-14/h2-3,5,9,13,16H,4,6-8,10-12H2,1H3/t16-/m1/s1.